The van der Waals surface area contributed by atoms with Crippen LogP contribution in [0.4, 0.5) is 4.39 Å². The van der Waals surface area contributed by atoms with Gasteiger partial charge in [0.2, 0.25) is 0 Å². The molecule has 0 saturated heterocycles. The van der Waals surface area contributed by atoms with Crippen LogP contribution in [0.2, 0.25) is 0 Å². The Balaban J connectivity index is 2.99. The monoisotopic (exact) mass is 234 g/mol. The van der Waals surface area contributed by atoms with Gasteiger partial charge in [-0.15, -0.1) is 0 Å². The van der Waals surface area contributed by atoms with Gasteiger partial charge in [0.25, 0.3) is 0 Å². The van der Waals surface area contributed by atoms with E-state index in [2.05, 4.69) is 11.8 Å². The minimum absolute atomic E-state index is 0.103. The third-order valence-electron chi connectivity index (χ3n) is 1.88. The average molecular weight is 234 g/mol. The van der Waals surface area contributed by atoms with E-state index in [-0.39, 0.29) is 18.6 Å². The van der Waals surface area contributed by atoms with Crippen LogP contribution >= 0.6 is 0 Å². The average Bonchev–Trinajstić information content (AvgIpc) is 2.32. The number of halogens is 1. The van der Waals surface area contributed by atoms with E-state index in [1.807, 2.05) is 0 Å². The lowest BCUT2D eigenvalue weighted by Gasteiger charge is -2.03. The normalized spacial score (nSPS) is 9.06. The first-order valence-corrected chi connectivity index (χ1v) is 5.08. The molecule has 0 heterocycles. The maximum absolute atomic E-state index is 13.3. The fraction of sp³-hybridized carbons (Fsp3) is 0.231. The molecule has 0 N–H and O–H groups in total. The summed E-state index contributed by atoms with van der Waals surface area (Å²) >= 11 is 0. The molecule has 0 aliphatic rings. The first kappa shape index (κ1) is 12.9. The van der Waals surface area contributed by atoms with Crippen LogP contribution in [0.3, 0.4) is 0 Å². The van der Waals surface area contributed by atoms with E-state index in [0.29, 0.717) is 11.8 Å². The summed E-state index contributed by atoms with van der Waals surface area (Å²) in [5.41, 5.74) is 0.320. The molecule has 0 atom stereocenters. The zero-order valence-corrected chi connectivity index (χ0v) is 9.33. The first-order valence-electron chi connectivity index (χ1n) is 5.08. The Kier molecular flexibility index (Phi) is 4.89. The molecular weight excluding hydrogens is 223 g/mol. The van der Waals surface area contributed by atoms with Crippen molar-refractivity contribution in [2.75, 3.05) is 6.61 Å². The van der Waals surface area contributed by atoms with Crippen molar-refractivity contribution in [3.63, 3.8) is 0 Å². The van der Waals surface area contributed by atoms with E-state index in [1.165, 1.54) is 12.1 Å². The summed E-state index contributed by atoms with van der Waals surface area (Å²) in [6.45, 7) is 1.82. The Morgan fingerprint density at radius 1 is 1.53 bits per heavy atom. The number of carbonyl (C=O) groups excluding carboxylic acids is 2. The number of hydrogen-bond donors (Lipinski definition) is 0. The number of rotatable bonds is 3. The zero-order valence-electron chi connectivity index (χ0n) is 9.33. The molecule has 0 amide bonds. The number of ether oxygens (including phenoxy) is 1. The van der Waals surface area contributed by atoms with Crippen LogP contribution in [0.15, 0.2) is 18.2 Å². The van der Waals surface area contributed by atoms with Gasteiger partial charge < -0.3 is 9.53 Å². The number of benzene rings is 1. The predicted molar refractivity (Wildman–Crippen MR) is 59.9 cm³/mol. The summed E-state index contributed by atoms with van der Waals surface area (Å²) in [6, 6.07) is 3.90. The second kappa shape index (κ2) is 6.44. The fourth-order valence-corrected chi connectivity index (χ4v) is 1.16. The van der Waals surface area contributed by atoms with E-state index in [9.17, 15) is 14.0 Å². The summed E-state index contributed by atoms with van der Waals surface area (Å²) < 4.78 is 18.0. The molecule has 0 unspecified atom stereocenters. The molecule has 0 aliphatic carbocycles. The Bertz CT molecular complexity index is 483. The highest BCUT2D eigenvalue weighted by atomic mass is 19.1. The van der Waals surface area contributed by atoms with Crippen molar-refractivity contribution in [1.29, 1.82) is 0 Å². The van der Waals surface area contributed by atoms with Crippen molar-refractivity contribution in [2.45, 2.75) is 13.3 Å². The van der Waals surface area contributed by atoms with E-state index < -0.39 is 11.8 Å². The number of aldehydes is 1. The number of esters is 1. The summed E-state index contributed by atoms with van der Waals surface area (Å²) in [6.07, 6.45) is 0.773. The molecule has 0 aromatic heterocycles. The molecule has 0 radical (unpaired) electrons. The van der Waals surface area contributed by atoms with E-state index >= 15 is 0 Å². The predicted octanol–water partition coefficient (Wildman–Crippen LogP) is 1.94. The second-order valence-corrected chi connectivity index (χ2v) is 3.09. The van der Waals surface area contributed by atoms with Gasteiger partial charge in [-0.1, -0.05) is 11.8 Å². The van der Waals surface area contributed by atoms with Crippen molar-refractivity contribution >= 4 is 12.3 Å². The zero-order chi connectivity index (χ0) is 12.7. The smallest absolute Gasteiger partial charge is 0.341 e. The topological polar surface area (TPSA) is 43.4 Å². The van der Waals surface area contributed by atoms with Gasteiger partial charge in [-0.25, -0.2) is 9.18 Å². The number of carbonyl (C=O) groups is 2. The van der Waals surface area contributed by atoms with E-state index in [1.54, 1.807) is 6.92 Å². The quantitative estimate of drug-likeness (QED) is 0.456. The van der Waals surface area contributed by atoms with E-state index in [0.717, 1.165) is 6.07 Å². The van der Waals surface area contributed by atoms with Gasteiger partial charge >= 0.3 is 5.97 Å². The summed E-state index contributed by atoms with van der Waals surface area (Å²) in [5.74, 6) is 3.86. The van der Waals surface area contributed by atoms with Crippen molar-refractivity contribution in [1.82, 2.24) is 0 Å². The third-order valence-corrected chi connectivity index (χ3v) is 1.88. The molecule has 0 saturated carbocycles. The largest absolute Gasteiger partial charge is 0.462 e. The molecular formula is C13H11FO3. The van der Waals surface area contributed by atoms with Crippen molar-refractivity contribution in [3.05, 3.63) is 35.1 Å². The van der Waals surface area contributed by atoms with Crippen LogP contribution in [-0.2, 0) is 9.53 Å². The minimum atomic E-state index is -0.718. The molecule has 0 fully saturated rings. The summed E-state index contributed by atoms with van der Waals surface area (Å²) in [7, 11) is 0. The SMILES string of the molecule is CCOC(=O)c1cc(C#CCC=O)ccc1F. The molecule has 0 spiro atoms. The first-order chi connectivity index (χ1) is 8.19. The lowest BCUT2D eigenvalue weighted by atomic mass is 10.1. The Labute approximate surface area is 98.6 Å². The molecule has 17 heavy (non-hydrogen) atoms. The van der Waals surface area contributed by atoms with Crippen LogP contribution < -0.4 is 0 Å². The second-order valence-electron chi connectivity index (χ2n) is 3.09. The molecule has 1 aromatic carbocycles. The summed E-state index contributed by atoms with van der Waals surface area (Å²) in [4.78, 5) is 21.5. The van der Waals surface area contributed by atoms with Crippen LogP contribution in [0.1, 0.15) is 29.3 Å². The standard InChI is InChI=1S/C13H11FO3/c1-2-17-13(16)11-9-10(5-3-4-8-15)6-7-12(11)14/h6-9H,2,4H2,1H3. The summed E-state index contributed by atoms with van der Waals surface area (Å²) in [5, 5.41) is 0. The lowest BCUT2D eigenvalue weighted by molar-refractivity contribution is -0.107. The molecule has 1 rings (SSSR count). The minimum Gasteiger partial charge on any atom is -0.462 e. The maximum Gasteiger partial charge on any atom is 0.341 e. The molecule has 1 aromatic rings. The van der Waals surface area contributed by atoms with E-state index in [4.69, 9.17) is 4.74 Å². The molecule has 0 aliphatic heterocycles. The van der Waals surface area contributed by atoms with Crippen LogP contribution in [-0.4, -0.2) is 18.9 Å². The van der Waals surface area contributed by atoms with Gasteiger partial charge in [-0.2, -0.15) is 0 Å². The van der Waals surface area contributed by atoms with Gasteiger partial charge in [-0.3, -0.25) is 0 Å². The van der Waals surface area contributed by atoms with Gasteiger partial charge in [0.05, 0.1) is 18.6 Å². The molecule has 88 valence electrons. The highest BCUT2D eigenvalue weighted by Crippen LogP contribution is 2.11. The van der Waals surface area contributed by atoms with Gasteiger partial charge in [-0.05, 0) is 25.1 Å². The maximum atomic E-state index is 13.3. The van der Waals surface area contributed by atoms with Gasteiger partial charge in [0.15, 0.2) is 0 Å². The van der Waals surface area contributed by atoms with Crippen molar-refractivity contribution in [2.24, 2.45) is 0 Å². The number of hydrogen-bond acceptors (Lipinski definition) is 3. The van der Waals surface area contributed by atoms with Gasteiger partial charge in [0.1, 0.15) is 12.1 Å². The third kappa shape index (κ3) is 3.72. The van der Waals surface area contributed by atoms with Crippen molar-refractivity contribution < 1.29 is 18.7 Å². The molecule has 3 nitrogen and oxygen atoms in total. The Hall–Kier alpha value is -2.15. The van der Waals surface area contributed by atoms with Crippen LogP contribution in [0.5, 0.6) is 0 Å². The molecule has 4 heteroatoms. The van der Waals surface area contributed by atoms with Crippen LogP contribution in [0.25, 0.3) is 0 Å². The highest BCUT2D eigenvalue weighted by Gasteiger charge is 2.12. The molecule has 0 bridgehead atoms. The van der Waals surface area contributed by atoms with Crippen LogP contribution in [0, 0.1) is 17.7 Å². The lowest BCUT2D eigenvalue weighted by Crippen LogP contribution is -2.07. The highest BCUT2D eigenvalue weighted by molar-refractivity contribution is 5.90. The van der Waals surface area contributed by atoms with Gasteiger partial charge in [0, 0.05) is 5.56 Å². The Morgan fingerprint density at radius 3 is 2.94 bits per heavy atom. The Morgan fingerprint density at radius 2 is 2.29 bits per heavy atom. The van der Waals surface area contributed by atoms with Crippen molar-refractivity contribution in [3.8, 4) is 11.8 Å². The fourth-order valence-electron chi connectivity index (χ4n) is 1.16.